The number of amides is 3. The number of carbonyl (C=O) groups is 4. The molecular formula is C25H24ClN3O5. The van der Waals surface area contributed by atoms with Gasteiger partial charge in [-0.25, -0.2) is 4.79 Å². The van der Waals surface area contributed by atoms with Gasteiger partial charge in [0.05, 0.1) is 11.3 Å². The molecular weight excluding hydrogens is 458 g/mol. The van der Waals surface area contributed by atoms with Crippen molar-refractivity contribution in [1.82, 2.24) is 10.2 Å². The number of hydrogen-bond acceptors (Lipinski definition) is 5. The van der Waals surface area contributed by atoms with E-state index in [1.165, 1.54) is 17.0 Å². The van der Waals surface area contributed by atoms with Crippen LogP contribution in [0, 0.1) is 0 Å². The minimum Gasteiger partial charge on any atom is -0.478 e. The highest BCUT2D eigenvalue weighted by molar-refractivity contribution is 6.47. The summed E-state index contributed by atoms with van der Waals surface area (Å²) in [6, 6.07) is 12.7. The number of rotatable bonds is 7. The summed E-state index contributed by atoms with van der Waals surface area (Å²) in [6.45, 7) is 0.243. The van der Waals surface area contributed by atoms with Gasteiger partial charge in [-0.2, -0.15) is 0 Å². The summed E-state index contributed by atoms with van der Waals surface area (Å²) in [5.74, 6) is -2.42. The van der Waals surface area contributed by atoms with E-state index in [2.05, 4.69) is 10.6 Å². The first-order chi connectivity index (χ1) is 16.4. The fourth-order valence-corrected chi connectivity index (χ4v) is 4.52. The Morgan fingerprint density at radius 1 is 0.971 bits per heavy atom. The maximum Gasteiger partial charge on any atom is 0.337 e. The van der Waals surface area contributed by atoms with Crippen molar-refractivity contribution < 1.29 is 24.3 Å². The summed E-state index contributed by atoms with van der Waals surface area (Å²) in [5.41, 5.74) is 1.43. The molecule has 0 bridgehead atoms. The molecule has 1 heterocycles. The second kappa shape index (κ2) is 10.1. The second-order valence-corrected chi connectivity index (χ2v) is 8.69. The van der Waals surface area contributed by atoms with E-state index in [-0.39, 0.29) is 34.6 Å². The predicted octanol–water partition coefficient (Wildman–Crippen LogP) is 3.88. The Morgan fingerprint density at radius 3 is 2.32 bits per heavy atom. The van der Waals surface area contributed by atoms with Crippen molar-refractivity contribution in [2.75, 3.05) is 5.32 Å². The van der Waals surface area contributed by atoms with E-state index in [1.807, 2.05) is 0 Å². The number of hydrogen-bond donors (Lipinski definition) is 3. The molecule has 1 aliphatic heterocycles. The lowest BCUT2D eigenvalue weighted by Crippen LogP contribution is -2.43. The topological polar surface area (TPSA) is 116 Å². The molecule has 3 amide bonds. The van der Waals surface area contributed by atoms with Crippen molar-refractivity contribution in [3.8, 4) is 0 Å². The Labute approximate surface area is 201 Å². The minimum atomic E-state index is -1.13. The van der Waals surface area contributed by atoms with Gasteiger partial charge < -0.3 is 15.7 Å². The Hall–Kier alpha value is -3.65. The highest BCUT2D eigenvalue weighted by atomic mass is 35.5. The predicted molar refractivity (Wildman–Crippen MR) is 126 cm³/mol. The third-order valence-corrected chi connectivity index (χ3v) is 6.44. The molecule has 34 heavy (non-hydrogen) atoms. The molecule has 1 fully saturated rings. The van der Waals surface area contributed by atoms with Gasteiger partial charge in [0.25, 0.3) is 17.7 Å². The average molecular weight is 482 g/mol. The SMILES string of the molecule is O=C(Nc1ccccc1C(=O)O)c1ccc(CNC2=C(Cl)C(=O)N(C3CCCCC3)C2=O)cc1. The number of anilines is 1. The van der Waals surface area contributed by atoms with E-state index in [0.29, 0.717) is 5.56 Å². The van der Waals surface area contributed by atoms with Gasteiger partial charge in [-0.3, -0.25) is 19.3 Å². The molecule has 3 N–H and O–H groups in total. The first-order valence-corrected chi connectivity index (χ1v) is 11.5. The summed E-state index contributed by atoms with van der Waals surface area (Å²) in [5, 5.41) is 14.7. The van der Waals surface area contributed by atoms with Crippen LogP contribution < -0.4 is 10.6 Å². The van der Waals surface area contributed by atoms with Gasteiger partial charge >= 0.3 is 5.97 Å². The average Bonchev–Trinajstić information content (AvgIpc) is 3.06. The number of benzene rings is 2. The zero-order chi connectivity index (χ0) is 24.2. The fourth-order valence-electron chi connectivity index (χ4n) is 4.28. The van der Waals surface area contributed by atoms with Crippen LogP contribution in [0.3, 0.4) is 0 Å². The smallest absolute Gasteiger partial charge is 0.337 e. The van der Waals surface area contributed by atoms with Gasteiger partial charge in [0, 0.05) is 18.2 Å². The van der Waals surface area contributed by atoms with E-state index in [1.54, 1.807) is 36.4 Å². The number of imide groups is 1. The second-order valence-electron chi connectivity index (χ2n) is 8.32. The molecule has 0 unspecified atom stereocenters. The minimum absolute atomic E-state index is 0.000118. The first-order valence-electron chi connectivity index (χ1n) is 11.1. The van der Waals surface area contributed by atoms with Crippen LogP contribution in [0.4, 0.5) is 5.69 Å². The first kappa shape index (κ1) is 23.5. The van der Waals surface area contributed by atoms with E-state index < -0.39 is 23.7 Å². The van der Waals surface area contributed by atoms with E-state index in [4.69, 9.17) is 11.6 Å². The zero-order valence-corrected chi connectivity index (χ0v) is 19.1. The highest BCUT2D eigenvalue weighted by Gasteiger charge is 2.41. The number of nitrogens with one attached hydrogen (secondary N) is 2. The summed E-state index contributed by atoms with van der Waals surface area (Å²) in [6.07, 6.45) is 4.69. The van der Waals surface area contributed by atoms with Crippen molar-refractivity contribution in [1.29, 1.82) is 0 Å². The number of carboxylic acids is 1. The Kier molecular flexibility index (Phi) is 6.98. The lowest BCUT2D eigenvalue weighted by atomic mass is 9.94. The lowest BCUT2D eigenvalue weighted by molar-refractivity contribution is -0.140. The molecule has 4 rings (SSSR count). The zero-order valence-electron chi connectivity index (χ0n) is 18.3. The van der Waals surface area contributed by atoms with Crippen LogP contribution in [0.15, 0.2) is 59.3 Å². The summed E-state index contributed by atoms with van der Waals surface area (Å²) in [4.78, 5) is 50.6. The van der Waals surface area contributed by atoms with Gasteiger partial charge in [-0.05, 0) is 42.7 Å². The molecule has 2 aromatic carbocycles. The Balaban J connectivity index is 1.38. The fraction of sp³-hybridized carbons (Fsp3) is 0.280. The van der Waals surface area contributed by atoms with Gasteiger partial charge in [-0.1, -0.05) is 55.1 Å². The number of para-hydroxylation sites is 1. The summed E-state index contributed by atoms with van der Waals surface area (Å²) < 4.78 is 0. The van der Waals surface area contributed by atoms with Crippen molar-refractivity contribution in [2.24, 2.45) is 0 Å². The standard InChI is InChI=1S/C25H24ClN3O5/c26-20-21(24(32)29(23(20)31)17-6-2-1-3-7-17)27-14-15-10-12-16(13-11-15)22(30)28-19-9-5-4-8-18(19)25(33)34/h4-5,8-13,17,27H,1-3,6-7,14H2,(H,28,30)(H,33,34). The summed E-state index contributed by atoms with van der Waals surface area (Å²) in [7, 11) is 0. The third-order valence-electron chi connectivity index (χ3n) is 6.09. The van der Waals surface area contributed by atoms with Crippen molar-refractivity contribution in [3.63, 3.8) is 0 Å². The van der Waals surface area contributed by atoms with Crippen LogP contribution >= 0.6 is 11.6 Å². The van der Waals surface area contributed by atoms with Crippen molar-refractivity contribution >= 4 is 41.0 Å². The van der Waals surface area contributed by atoms with Gasteiger partial charge in [0.2, 0.25) is 0 Å². The van der Waals surface area contributed by atoms with E-state index in [0.717, 1.165) is 37.7 Å². The number of halogens is 1. The lowest BCUT2D eigenvalue weighted by Gasteiger charge is -2.29. The van der Waals surface area contributed by atoms with Crippen LogP contribution in [0.25, 0.3) is 0 Å². The van der Waals surface area contributed by atoms with Crippen molar-refractivity contribution in [2.45, 2.75) is 44.7 Å². The molecule has 0 radical (unpaired) electrons. The quantitative estimate of drug-likeness (QED) is 0.517. The number of aromatic carboxylic acids is 1. The van der Waals surface area contributed by atoms with Crippen LogP contribution in [0.5, 0.6) is 0 Å². The normalized spacial score (nSPS) is 16.7. The molecule has 0 spiro atoms. The van der Waals surface area contributed by atoms with Crippen LogP contribution in [-0.4, -0.2) is 39.7 Å². The van der Waals surface area contributed by atoms with Crippen molar-refractivity contribution in [3.05, 3.63) is 76.0 Å². The molecule has 1 aliphatic carbocycles. The largest absolute Gasteiger partial charge is 0.478 e. The van der Waals surface area contributed by atoms with Gasteiger partial charge in [0.1, 0.15) is 10.7 Å². The molecule has 8 nitrogen and oxygen atoms in total. The number of nitrogens with zero attached hydrogens (tertiary/aromatic N) is 1. The third kappa shape index (κ3) is 4.82. The van der Waals surface area contributed by atoms with Gasteiger partial charge in [0.15, 0.2) is 0 Å². The van der Waals surface area contributed by atoms with Gasteiger partial charge in [-0.15, -0.1) is 0 Å². The molecule has 9 heteroatoms. The van der Waals surface area contributed by atoms with E-state index >= 15 is 0 Å². The highest BCUT2D eigenvalue weighted by Crippen LogP contribution is 2.30. The molecule has 0 atom stereocenters. The molecule has 0 aromatic heterocycles. The molecule has 1 saturated carbocycles. The van der Waals surface area contributed by atoms with Crippen LogP contribution in [-0.2, 0) is 16.1 Å². The number of carbonyl (C=O) groups excluding carboxylic acids is 3. The Bertz CT molecular complexity index is 1170. The monoisotopic (exact) mass is 481 g/mol. The summed E-state index contributed by atoms with van der Waals surface area (Å²) >= 11 is 6.19. The molecule has 2 aromatic rings. The molecule has 2 aliphatic rings. The Morgan fingerprint density at radius 2 is 1.65 bits per heavy atom. The molecule has 0 saturated heterocycles. The number of carboxylic acid groups (broad SMARTS) is 1. The van der Waals surface area contributed by atoms with E-state index in [9.17, 15) is 24.3 Å². The van der Waals surface area contributed by atoms with Crippen LogP contribution in [0.1, 0.15) is 58.4 Å². The van der Waals surface area contributed by atoms with Crippen LogP contribution in [0.2, 0.25) is 0 Å². The maximum absolute atomic E-state index is 12.8. The maximum atomic E-state index is 12.8. The molecule has 176 valence electrons.